The lowest BCUT2D eigenvalue weighted by Crippen LogP contribution is -2.02. The highest BCUT2D eigenvalue weighted by molar-refractivity contribution is 5.86. The monoisotopic (exact) mass is 383 g/mol. The van der Waals surface area contributed by atoms with E-state index in [9.17, 15) is 10.1 Å². The van der Waals surface area contributed by atoms with Gasteiger partial charge in [0.25, 0.3) is 0 Å². The SMILES string of the molecule is CC(=O)OCc1ccc(-n2c(-c3cccnc3N)nc3ccc(C#N)cc32)cc1. The molecule has 0 saturated carbocycles. The van der Waals surface area contributed by atoms with Gasteiger partial charge in [-0.2, -0.15) is 5.26 Å². The summed E-state index contributed by atoms with van der Waals surface area (Å²) in [6.45, 7) is 1.59. The van der Waals surface area contributed by atoms with Crippen molar-refractivity contribution in [1.82, 2.24) is 14.5 Å². The predicted octanol–water partition coefficient (Wildman–Crippen LogP) is 3.60. The number of benzene rings is 2. The number of pyridine rings is 1. The van der Waals surface area contributed by atoms with E-state index in [1.165, 1.54) is 6.92 Å². The van der Waals surface area contributed by atoms with Gasteiger partial charge in [0.2, 0.25) is 0 Å². The van der Waals surface area contributed by atoms with Crippen LogP contribution in [0.4, 0.5) is 5.82 Å². The van der Waals surface area contributed by atoms with Gasteiger partial charge in [-0.1, -0.05) is 12.1 Å². The average molecular weight is 383 g/mol. The molecule has 29 heavy (non-hydrogen) atoms. The molecule has 0 bridgehead atoms. The van der Waals surface area contributed by atoms with Crippen LogP contribution in [0.15, 0.2) is 60.8 Å². The highest BCUT2D eigenvalue weighted by Gasteiger charge is 2.17. The van der Waals surface area contributed by atoms with E-state index in [2.05, 4.69) is 11.1 Å². The molecule has 0 spiro atoms. The number of nitriles is 1. The number of nitrogens with two attached hydrogens (primary N) is 1. The predicted molar refractivity (Wildman–Crippen MR) is 109 cm³/mol. The Labute approximate surface area is 167 Å². The molecular weight excluding hydrogens is 366 g/mol. The molecule has 0 saturated heterocycles. The molecule has 0 unspecified atom stereocenters. The Kier molecular flexibility index (Phi) is 4.67. The number of hydrogen-bond donors (Lipinski definition) is 1. The maximum atomic E-state index is 11.0. The van der Waals surface area contributed by atoms with Gasteiger partial charge in [0.15, 0.2) is 0 Å². The summed E-state index contributed by atoms with van der Waals surface area (Å²) in [4.78, 5) is 19.9. The van der Waals surface area contributed by atoms with Gasteiger partial charge in [0, 0.05) is 18.8 Å². The van der Waals surface area contributed by atoms with Crippen molar-refractivity contribution >= 4 is 22.8 Å². The van der Waals surface area contributed by atoms with Gasteiger partial charge in [-0.15, -0.1) is 0 Å². The lowest BCUT2D eigenvalue weighted by atomic mass is 10.2. The number of nitrogen functional groups attached to an aromatic ring is 1. The Morgan fingerprint density at radius 2 is 2.00 bits per heavy atom. The van der Waals surface area contributed by atoms with Crippen LogP contribution in [0.25, 0.3) is 28.1 Å². The van der Waals surface area contributed by atoms with E-state index in [0.29, 0.717) is 22.8 Å². The Bertz CT molecular complexity index is 1250. The van der Waals surface area contributed by atoms with Crippen LogP contribution in [-0.2, 0) is 16.1 Å². The zero-order chi connectivity index (χ0) is 20.4. The number of anilines is 1. The number of fused-ring (bicyclic) bond motifs is 1. The first kappa shape index (κ1) is 18.2. The molecule has 0 aliphatic heterocycles. The minimum Gasteiger partial charge on any atom is -0.461 e. The van der Waals surface area contributed by atoms with Crippen LogP contribution >= 0.6 is 0 Å². The first-order chi connectivity index (χ1) is 14.1. The van der Waals surface area contributed by atoms with Crippen LogP contribution < -0.4 is 5.73 Å². The number of rotatable bonds is 4. The number of aromatic nitrogens is 3. The average Bonchev–Trinajstić information content (AvgIpc) is 3.11. The van der Waals surface area contributed by atoms with Crippen molar-refractivity contribution in [3.8, 4) is 23.1 Å². The highest BCUT2D eigenvalue weighted by Crippen LogP contribution is 2.31. The van der Waals surface area contributed by atoms with Gasteiger partial charge in [-0.05, 0) is 48.0 Å². The molecular formula is C22H17N5O2. The van der Waals surface area contributed by atoms with Gasteiger partial charge in [-0.25, -0.2) is 9.97 Å². The van der Waals surface area contributed by atoms with Crippen LogP contribution in [0.1, 0.15) is 18.1 Å². The fourth-order valence-electron chi connectivity index (χ4n) is 3.12. The first-order valence-electron chi connectivity index (χ1n) is 8.93. The summed E-state index contributed by atoms with van der Waals surface area (Å²) in [7, 11) is 0. The Balaban J connectivity index is 1.89. The highest BCUT2D eigenvalue weighted by atomic mass is 16.5. The zero-order valence-corrected chi connectivity index (χ0v) is 15.7. The first-order valence-corrected chi connectivity index (χ1v) is 8.93. The second-order valence-corrected chi connectivity index (χ2v) is 6.47. The van der Waals surface area contributed by atoms with Crippen molar-refractivity contribution in [2.24, 2.45) is 0 Å². The molecule has 7 nitrogen and oxygen atoms in total. The number of ether oxygens (including phenoxy) is 1. The van der Waals surface area contributed by atoms with Gasteiger partial charge < -0.3 is 10.5 Å². The largest absolute Gasteiger partial charge is 0.461 e. The molecule has 2 aromatic heterocycles. The molecule has 4 aromatic rings. The van der Waals surface area contributed by atoms with Gasteiger partial charge >= 0.3 is 5.97 Å². The van der Waals surface area contributed by atoms with Crippen molar-refractivity contribution in [2.75, 3.05) is 5.73 Å². The maximum Gasteiger partial charge on any atom is 0.302 e. The number of esters is 1. The second kappa shape index (κ2) is 7.44. The van der Waals surface area contributed by atoms with Crippen molar-refractivity contribution in [3.05, 3.63) is 71.9 Å². The Morgan fingerprint density at radius 1 is 1.21 bits per heavy atom. The van der Waals surface area contributed by atoms with Crippen molar-refractivity contribution in [2.45, 2.75) is 13.5 Å². The topological polar surface area (TPSA) is 107 Å². The van der Waals surface area contributed by atoms with E-state index in [1.54, 1.807) is 24.4 Å². The lowest BCUT2D eigenvalue weighted by Gasteiger charge is -2.11. The van der Waals surface area contributed by atoms with Gasteiger partial charge in [0.05, 0.1) is 28.2 Å². The molecule has 0 atom stereocenters. The fourth-order valence-corrected chi connectivity index (χ4v) is 3.12. The summed E-state index contributed by atoms with van der Waals surface area (Å²) >= 11 is 0. The third-order valence-corrected chi connectivity index (χ3v) is 4.50. The molecule has 4 rings (SSSR count). The number of nitrogens with zero attached hydrogens (tertiary/aromatic N) is 4. The van der Waals surface area contributed by atoms with E-state index in [-0.39, 0.29) is 12.6 Å². The summed E-state index contributed by atoms with van der Waals surface area (Å²) in [6, 6.07) is 18.8. The molecule has 7 heteroatoms. The van der Waals surface area contributed by atoms with E-state index in [0.717, 1.165) is 22.3 Å². The molecule has 0 aliphatic rings. The van der Waals surface area contributed by atoms with Crippen LogP contribution in [-0.4, -0.2) is 20.5 Å². The minimum atomic E-state index is -0.326. The van der Waals surface area contributed by atoms with E-state index < -0.39 is 0 Å². The summed E-state index contributed by atoms with van der Waals surface area (Å²) in [5.74, 6) is 0.678. The zero-order valence-electron chi connectivity index (χ0n) is 15.7. The van der Waals surface area contributed by atoms with E-state index >= 15 is 0 Å². The molecule has 0 aliphatic carbocycles. The van der Waals surface area contributed by atoms with Crippen LogP contribution in [0.3, 0.4) is 0 Å². The molecule has 0 radical (unpaired) electrons. The summed E-state index contributed by atoms with van der Waals surface area (Å²) < 4.78 is 6.99. The molecule has 0 fully saturated rings. The third kappa shape index (κ3) is 3.51. The van der Waals surface area contributed by atoms with Crippen molar-refractivity contribution in [3.63, 3.8) is 0 Å². The second-order valence-electron chi connectivity index (χ2n) is 6.47. The third-order valence-electron chi connectivity index (χ3n) is 4.50. The molecule has 0 amide bonds. The number of hydrogen-bond acceptors (Lipinski definition) is 6. The number of carbonyl (C=O) groups excluding carboxylic acids is 1. The molecule has 2 aromatic carbocycles. The normalized spacial score (nSPS) is 10.6. The van der Waals surface area contributed by atoms with E-state index in [1.807, 2.05) is 41.0 Å². The van der Waals surface area contributed by atoms with Crippen LogP contribution in [0.2, 0.25) is 0 Å². The van der Waals surface area contributed by atoms with Crippen molar-refractivity contribution in [1.29, 1.82) is 5.26 Å². The van der Waals surface area contributed by atoms with Crippen molar-refractivity contribution < 1.29 is 9.53 Å². The standard InChI is InChI=1S/C22H17N5O2/c1-14(28)29-13-15-4-7-17(8-5-15)27-20-11-16(12-23)6-9-19(20)26-22(27)18-3-2-10-25-21(18)24/h2-11H,13H2,1H3,(H2,24,25). The van der Waals surface area contributed by atoms with E-state index in [4.69, 9.17) is 15.5 Å². The van der Waals surface area contributed by atoms with Gasteiger partial charge in [0.1, 0.15) is 18.2 Å². The minimum absolute atomic E-state index is 0.210. The molecule has 2 heterocycles. The Morgan fingerprint density at radius 3 is 2.69 bits per heavy atom. The summed E-state index contributed by atoms with van der Waals surface area (Å²) in [5, 5.41) is 9.32. The quantitative estimate of drug-likeness (QED) is 0.540. The number of carbonyl (C=O) groups is 1. The van der Waals surface area contributed by atoms with Crippen LogP contribution in [0, 0.1) is 11.3 Å². The van der Waals surface area contributed by atoms with Gasteiger partial charge in [-0.3, -0.25) is 9.36 Å². The summed E-state index contributed by atoms with van der Waals surface area (Å²) in [6.07, 6.45) is 1.63. The molecule has 2 N–H and O–H groups in total. The Hall–Kier alpha value is -4.18. The lowest BCUT2D eigenvalue weighted by molar-refractivity contribution is -0.142. The summed E-state index contributed by atoms with van der Waals surface area (Å²) in [5.41, 5.74) is 10.6. The molecule has 142 valence electrons. The maximum absolute atomic E-state index is 11.0. The van der Waals surface area contributed by atoms with Crippen LogP contribution in [0.5, 0.6) is 0 Å². The number of imidazole rings is 1. The smallest absolute Gasteiger partial charge is 0.302 e. The fraction of sp³-hybridized carbons (Fsp3) is 0.0909.